The van der Waals surface area contributed by atoms with Crippen LogP contribution in [-0.2, 0) is 21.7 Å². The number of hydrogen-bond acceptors (Lipinski definition) is 4. The normalized spacial score (nSPS) is 12.6. The summed E-state index contributed by atoms with van der Waals surface area (Å²) >= 11 is 0. The summed E-state index contributed by atoms with van der Waals surface area (Å²) in [6.45, 7) is 27.8. The van der Waals surface area contributed by atoms with Gasteiger partial charge in [-0.3, -0.25) is 0 Å². The van der Waals surface area contributed by atoms with E-state index in [2.05, 4.69) is 393 Å². The number of nitrogens with zero attached hydrogens (tertiary/aromatic N) is 4. The molecule has 0 radical (unpaired) electrons. The smallest absolute Gasteiger partial charge is 0.137 e. The first-order valence-electron chi connectivity index (χ1n) is 36.6. The molecule has 0 spiro atoms. The average Bonchev–Trinajstić information content (AvgIpc) is 1.53. The molecule has 0 unspecified atom stereocenters. The summed E-state index contributed by atoms with van der Waals surface area (Å²) in [6.07, 6.45) is 0. The number of furan rings is 2. The molecule has 0 aliphatic rings. The van der Waals surface area contributed by atoms with Gasteiger partial charge >= 0.3 is 0 Å². The molecule has 0 N–H and O–H groups in total. The molecule has 4 aromatic heterocycles. The number of rotatable bonds is 10. The molecule has 508 valence electrons. The Labute approximate surface area is 608 Å². The van der Waals surface area contributed by atoms with E-state index in [0.717, 1.165) is 144 Å². The van der Waals surface area contributed by atoms with E-state index in [0.29, 0.717) is 0 Å². The summed E-state index contributed by atoms with van der Waals surface area (Å²) in [5.74, 6) is 0. The highest BCUT2D eigenvalue weighted by molar-refractivity contribution is 6.35. The van der Waals surface area contributed by atoms with Gasteiger partial charge in [0.05, 0.1) is 33.4 Å². The van der Waals surface area contributed by atoms with E-state index in [1.54, 1.807) is 0 Å². The molecule has 18 aromatic rings. The molecule has 0 saturated carbocycles. The predicted octanol–water partition coefficient (Wildman–Crippen LogP) is 28.3. The predicted molar refractivity (Wildman–Crippen MR) is 442 cm³/mol. The monoisotopic (exact) mass is 1350 g/mol. The second-order valence-corrected chi connectivity index (χ2v) is 32.6. The second-order valence-electron chi connectivity index (χ2n) is 32.6. The van der Waals surface area contributed by atoms with Gasteiger partial charge in [0, 0.05) is 100 Å². The van der Waals surface area contributed by atoms with E-state index in [1.165, 1.54) is 43.8 Å². The van der Waals surface area contributed by atoms with Crippen LogP contribution in [0.1, 0.15) is 105 Å². The molecular weight excluding hydrogens is 1270 g/mol. The van der Waals surface area contributed by atoms with Crippen molar-refractivity contribution in [2.45, 2.75) is 105 Å². The van der Waals surface area contributed by atoms with Crippen LogP contribution in [-0.4, -0.2) is 9.13 Å². The van der Waals surface area contributed by atoms with Gasteiger partial charge in [-0.25, -0.2) is 0 Å². The van der Waals surface area contributed by atoms with Gasteiger partial charge in [0.2, 0.25) is 0 Å². The van der Waals surface area contributed by atoms with Crippen LogP contribution < -0.4 is 9.80 Å². The van der Waals surface area contributed by atoms with Gasteiger partial charge in [-0.15, -0.1) is 0 Å². The Morgan fingerprint density at radius 1 is 0.240 bits per heavy atom. The second kappa shape index (κ2) is 23.9. The first-order chi connectivity index (χ1) is 50.1. The van der Waals surface area contributed by atoms with Gasteiger partial charge in [0.15, 0.2) is 0 Å². The van der Waals surface area contributed by atoms with Gasteiger partial charge in [0.25, 0.3) is 0 Å². The van der Waals surface area contributed by atoms with Crippen molar-refractivity contribution in [1.29, 1.82) is 0 Å². The van der Waals surface area contributed by atoms with Crippen LogP contribution >= 0.6 is 0 Å². The van der Waals surface area contributed by atoms with Crippen molar-refractivity contribution in [3.63, 3.8) is 0 Å². The highest BCUT2D eigenvalue weighted by atomic mass is 16.3. The lowest BCUT2D eigenvalue weighted by Crippen LogP contribution is -2.17. The van der Waals surface area contributed by atoms with Crippen molar-refractivity contribution in [1.82, 2.24) is 9.13 Å². The summed E-state index contributed by atoms with van der Waals surface area (Å²) in [6, 6.07) is 107. The van der Waals surface area contributed by atoms with Gasteiger partial charge in [-0.05, 0) is 187 Å². The molecule has 0 aliphatic heterocycles. The zero-order valence-corrected chi connectivity index (χ0v) is 61.3. The van der Waals surface area contributed by atoms with Crippen LogP contribution in [0, 0.1) is 0 Å². The third kappa shape index (κ3) is 10.6. The van der Waals surface area contributed by atoms with E-state index < -0.39 is 0 Å². The molecular formula is C98H84N4O2. The maximum Gasteiger partial charge on any atom is 0.137 e. The SMILES string of the molecule is CC(C)(C)c1cc(-n2c3ccccc3c3c(N(c4ccccc4)c4ccc5c(c4)oc4cc(-c6ccccc6)c6c(c(-c7ccccc7)cc7oc8cc(N(c9ccccc9)c9cccc%10c9c9ccccc9n%10-c9cc(C(C)(C)C)cc(C(C)(C)C)c9)ccc8c76)c45)cccc32)cc(C(C)(C)C)c1. The molecule has 0 atom stereocenters. The molecule has 14 aromatic carbocycles. The number of fused-ring (bicyclic) bond motifs is 15. The third-order valence-electron chi connectivity index (χ3n) is 21.6. The number of benzene rings is 14. The molecule has 0 saturated heterocycles. The maximum atomic E-state index is 7.44. The quantitative estimate of drug-likeness (QED) is 0.137. The zero-order chi connectivity index (χ0) is 71.3. The summed E-state index contributed by atoms with van der Waals surface area (Å²) in [7, 11) is 0. The highest BCUT2D eigenvalue weighted by Crippen LogP contribution is 2.53. The summed E-state index contributed by atoms with van der Waals surface area (Å²) < 4.78 is 19.9. The average molecular weight is 1350 g/mol. The van der Waals surface area contributed by atoms with Gasteiger partial charge in [-0.1, -0.05) is 241 Å². The van der Waals surface area contributed by atoms with Crippen LogP contribution in [0.25, 0.3) is 132 Å². The molecule has 0 bridgehead atoms. The fraction of sp³-hybridized carbons (Fsp3) is 0.163. The molecule has 0 fully saturated rings. The van der Waals surface area contributed by atoms with Crippen molar-refractivity contribution in [3.8, 4) is 33.6 Å². The molecule has 6 nitrogen and oxygen atoms in total. The van der Waals surface area contributed by atoms with Crippen molar-refractivity contribution in [2.75, 3.05) is 9.80 Å². The number of hydrogen-bond donors (Lipinski definition) is 0. The lowest BCUT2D eigenvalue weighted by atomic mass is 9.80. The van der Waals surface area contributed by atoms with Crippen LogP contribution in [0.4, 0.5) is 34.1 Å². The Morgan fingerprint density at radius 2 is 0.567 bits per heavy atom. The Kier molecular flexibility index (Phi) is 14.7. The summed E-state index contributed by atoms with van der Waals surface area (Å²) in [5, 5.41) is 11.1. The van der Waals surface area contributed by atoms with Crippen LogP contribution in [0.2, 0.25) is 0 Å². The van der Waals surface area contributed by atoms with Gasteiger partial charge < -0.3 is 27.8 Å². The first kappa shape index (κ1) is 64.3. The largest absolute Gasteiger partial charge is 0.456 e. The number of aromatic nitrogens is 2. The minimum absolute atomic E-state index is 0.0590. The molecule has 0 amide bonds. The van der Waals surface area contributed by atoms with Crippen LogP contribution in [0.3, 0.4) is 0 Å². The van der Waals surface area contributed by atoms with Crippen molar-refractivity contribution >= 4 is 132 Å². The molecule has 0 aliphatic carbocycles. The summed E-state index contributed by atoms with van der Waals surface area (Å²) in [5.41, 5.74) is 25.7. The zero-order valence-electron chi connectivity index (χ0n) is 61.3. The highest BCUT2D eigenvalue weighted by Gasteiger charge is 2.31. The maximum absolute atomic E-state index is 7.44. The lowest BCUT2D eigenvalue weighted by molar-refractivity contribution is 0.567. The van der Waals surface area contributed by atoms with E-state index in [-0.39, 0.29) is 21.7 Å². The Morgan fingerprint density at radius 3 is 0.923 bits per heavy atom. The van der Waals surface area contributed by atoms with E-state index in [4.69, 9.17) is 8.83 Å². The minimum atomic E-state index is -0.0590. The Hall–Kier alpha value is -11.9. The van der Waals surface area contributed by atoms with Crippen LogP contribution in [0.15, 0.2) is 300 Å². The Bertz CT molecular complexity index is 5980. The van der Waals surface area contributed by atoms with Crippen molar-refractivity contribution in [3.05, 3.63) is 313 Å². The van der Waals surface area contributed by atoms with E-state index in [1.807, 2.05) is 0 Å². The fourth-order valence-corrected chi connectivity index (χ4v) is 16.2. The number of anilines is 6. The van der Waals surface area contributed by atoms with Gasteiger partial charge in [0.1, 0.15) is 22.3 Å². The van der Waals surface area contributed by atoms with Crippen molar-refractivity contribution < 1.29 is 8.83 Å². The minimum Gasteiger partial charge on any atom is -0.456 e. The van der Waals surface area contributed by atoms with Gasteiger partial charge in [-0.2, -0.15) is 0 Å². The van der Waals surface area contributed by atoms with E-state index in [9.17, 15) is 0 Å². The third-order valence-corrected chi connectivity index (χ3v) is 21.6. The van der Waals surface area contributed by atoms with Crippen molar-refractivity contribution in [2.24, 2.45) is 0 Å². The lowest BCUT2D eigenvalue weighted by Gasteiger charge is -2.27. The standard InChI is InChI=1S/C98H84N4O2/c1-95(2,3)63-51-64(96(4,5)6)54-71(53-63)101-79-41-27-25-39-73(79)89-81(43-29-45-83(89)101)99(67-35-21-15-22-36-67)69-47-49-75-85(57-69)103-87-59-77(61-31-17-13-18-32-61)94-92-76-50-48-70(58-86(76)104-88(92)60-78(93(94)91(75)87)62-33-19-14-20-34-62)100(68-37-23-16-24-38-68)82-44-30-46-84-90(82)74-40-26-28-42-80(74)102(84)72-55-65(97(7,8)9)52-66(56-72)98(10,11)12/h13-60H,1-12H3. The topological polar surface area (TPSA) is 42.6 Å². The van der Waals surface area contributed by atoms with E-state index >= 15 is 0 Å². The summed E-state index contributed by atoms with van der Waals surface area (Å²) in [4.78, 5) is 4.84. The first-order valence-corrected chi connectivity index (χ1v) is 36.6. The molecule has 104 heavy (non-hydrogen) atoms. The molecule has 18 rings (SSSR count). The Balaban J connectivity index is 0.854. The molecule has 6 heteroatoms. The van der Waals surface area contributed by atoms with Crippen LogP contribution in [0.5, 0.6) is 0 Å². The number of para-hydroxylation sites is 4. The fourth-order valence-electron chi connectivity index (χ4n) is 16.2. The molecule has 4 heterocycles.